The number of hydrogen-bond donors (Lipinski definition) is 2. The molecule has 3 aliphatic rings. The summed E-state index contributed by atoms with van der Waals surface area (Å²) in [4.78, 5) is 5.35. The summed E-state index contributed by atoms with van der Waals surface area (Å²) >= 11 is 1.76. The Morgan fingerprint density at radius 2 is 2.04 bits per heavy atom. The van der Waals surface area contributed by atoms with Gasteiger partial charge in [-0.05, 0) is 50.8 Å². The number of nitrogens with zero attached hydrogens (tertiary/aromatic N) is 1. The van der Waals surface area contributed by atoms with Crippen LogP contribution in [0.2, 0.25) is 0 Å². The zero-order valence-electron chi connectivity index (χ0n) is 16.3. The largest absolute Gasteiger partial charge is 0.380 e. The molecule has 0 atom stereocenters. The highest BCUT2D eigenvalue weighted by Crippen LogP contribution is 2.24. The van der Waals surface area contributed by atoms with Crippen LogP contribution in [-0.2, 0) is 4.74 Å². The second kappa shape index (κ2) is 10.5. The van der Waals surface area contributed by atoms with Crippen LogP contribution in [-0.4, -0.2) is 30.3 Å². The lowest BCUT2D eigenvalue weighted by Crippen LogP contribution is -2.34. The summed E-state index contributed by atoms with van der Waals surface area (Å²) < 4.78 is 20.3. The molecule has 0 saturated heterocycles. The molecule has 0 spiro atoms. The van der Waals surface area contributed by atoms with Crippen LogP contribution in [0, 0.1) is 0 Å². The van der Waals surface area contributed by atoms with E-state index in [-0.39, 0.29) is 17.8 Å². The number of ether oxygens (including phenoxy) is 1. The number of allylic oxidation sites excluding steroid dienone is 1. The fourth-order valence-electron chi connectivity index (χ4n) is 3.30. The highest BCUT2D eigenvalue weighted by Gasteiger charge is 2.22. The molecule has 4 bridgehead atoms. The van der Waals surface area contributed by atoms with Gasteiger partial charge in [0.1, 0.15) is 5.84 Å². The topological polar surface area (TPSA) is 45.6 Å². The minimum atomic E-state index is -0.441. The predicted octanol–water partition coefficient (Wildman–Crippen LogP) is 5.42. The summed E-state index contributed by atoms with van der Waals surface area (Å²) in [5.74, 6) is 1.08. The number of fused-ring (bicyclic) bond motifs is 10. The van der Waals surface area contributed by atoms with E-state index in [9.17, 15) is 4.39 Å². The van der Waals surface area contributed by atoms with Crippen LogP contribution in [0.4, 0.5) is 10.1 Å². The molecule has 28 heavy (non-hydrogen) atoms. The first kappa shape index (κ1) is 20.7. The van der Waals surface area contributed by atoms with Crippen LogP contribution in [0.25, 0.3) is 0 Å². The fourth-order valence-corrected chi connectivity index (χ4v) is 4.11. The number of amidine groups is 1. The number of aliphatic imine (C=N–C) groups is 1. The molecule has 6 heteroatoms. The number of hydrogen-bond acceptors (Lipinski definition) is 5. The molecule has 1 saturated carbocycles. The standard InChI is InChI=1S/C22H28FN3OS/c1-16-22(23)15-24-17(2)26-19-6-5-7-21(14-19)28-13-4-3-12-27-20-10-8-18(25-16)9-11-20/h3-7,14-15,18,20,25H,1,8-13H2,2H3,(H,24,26)/b4-3-,22-15?. The molecule has 0 radical (unpaired) electrons. The second-order valence-corrected chi connectivity index (χ2v) is 8.15. The third kappa shape index (κ3) is 6.53. The van der Waals surface area contributed by atoms with Gasteiger partial charge in [-0.2, -0.15) is 0 Å². The average molecular weight is 402 g/mol. The highest BCUT2D eigenvalue weighted by atomic mass is 32.2. The van der Waals surface area contributed by atoms with Gasteiger partial charge in [-0.3, -0.25) is 0 Å². The predicted molar refractivity (Wildman–Crippen MR) is 117 cm³/mol. The van der Waals surface area contributed by atoms with Crippen molar-refractivity contribution in [3.05, 3.63) is 60.7 Å². The molecule has 4 rings (SSSR count). The van der Waals surface area contributed by atoms with Crippen molar-refractivity contribution in [3.63, 3.8) is 0 Å². The number of anilines is 1. The second-order valence-electron chi connectivity index (χ2n) is 7.06. The Bertz CT molecular complexity index is 767. The first-order valence-electron chi connectivity index (χ1n) is 9.72. The van der Waals surface area contributed by atoms with Crippen molar-refractivity contribution in [1.29, 1.82) is 0 Å². The van der Waals surface area contributed by atoms with E-state index >= 15 is 0 Å². The van der Waals surface area contributed by atoms with Crippen LogP contribution in [0.1, 0.15) is 32.6 Å². The summed E-state index contributed by atoms with van der Waals surface area (Å²) in [5, 5.41) is 6.40. The highest BCUT2D eigenvalue weighted by molar-refractivity contribution is 7.99. The molecule has 0 aromatic heterocycles. The molecule has 2 aliphatic heterocycles. The van der Waals surface area contributed by atoms with Gasteiger partial charge in [-0.1, -0.05) is 24.8 Å². The summed E-state index contributed by atoms with van der Waals surface area (Å²) in [6, 6.07) is 8.33. The average Bonchev–Trinajstić information content (AvgIpc) is 2.69. The molecule has 150 valence electrons. The summed E-state index contributed by atoms with van der Waals surface area (Å²) in [6.45, 7) is 6.28. The van der Waals surface area contributed by atoms with Crippen molar-refractivity contribution in [2.75, 3.05) is 17.7 Å². The van der Waals surface area contributed by atoms with Gasteiger partial charge in [0, 0.05) is 22.4 Å². The van der Waals surface area contributed by atoms with E-state index in [2.05, 4.69) is 46.5 Å². The van der Waals surface area contributed by atoms with Crippen molar-refractivity contribution >= 4 is 23.3 Å². The maximum absolute atomic E-state index is 14.3. The molecule has 1 aromatic rings. The Morgan fingerprint density at radius 1 is 1.21 bits per heavy atom. The molecule has 0 unspecified atom stereocenters. The first-order valence-corrected chi connectivity index (χ1v) is 10.7. The fraction of sp³-hybridized carbons (Fsp3) is 0.409. The maximum atomic E-state index is 14.3. The lowest BCUT2D eigenvalue weighted by Gasteiger charge is -2.29. The molecule has 4 nitrogen and oxygen atoms in total. The monoisotopic (exact) mass is 401 g/mol. The lowest BCUT2D eigenvalue weighted by molar-refractivity contribution is 0.0404. The minimum absolute atomic E-state index is 0.231. The molecule has 1 aromatic carbocycles. The molecule has 1 aliphatic carbocycles. The molecular weight excluding hydrogens is 373 g/mol. The number of halogens is 1. The zero-order chi connectivity index (χ0) is 19.8. The maximum Gasteiger partial charge on any atom is 0.163 e. The van der Waals surface area contributed by atoms with Gasteiger partial charge in [-0.25, -0.2) is 9.38 Å². The van der Waals surface area contributed by atoms with Crippen LogP contribution < -0.4 is 10.6 Å². The third-order valence-corrected chi connectivity index (χ3v) is 5.76. The third-order valence-electron chi connectivity index (χ3n) is 4.81. The summed E-state index contributed by atoms with van der Waals surface area (Å²) in [5.41, 5.74) is 1.22. The van der Waals surface area contributed by atoms with Gasteiger partial charge in [0.2, 0.25) is 0 Å². The van der Waals surface area contributed by atoms with Crippen LogP contribution in [0.5, 0.6) is 0 Å². The molecule has 2 heterocycles. The van der Waals surface area contributed by atoms with Crippen molar-refractivity contribution in [3.8, 4) is 0 Å². The van der Waals surface area contributed by atoms with E-state index in [4.69, 9.17) is 4.74 Å². The zero-order valence-corrected chi connectivity index (χ0v) is 17.1. The Hall–Kier alpha value is -2.05. The van der Waals surface area contributed by atoms with Crippen LogP contribution >= 0.6 is 11.8 Å². The van der Waals surface area contributed by atoms with Crippen molar-refractivity contribution < 1.29 is 9.13 Å². The van der Waals surface area contributed by atoms with Gasteiger partial charge in [0.05, 0.1) is 24.6 Å². The first-order chi connectivity index (χ1) is 13.6. The van der Waals surface area contributed by atoms with Crippen LogP contribution in [0.15, 0.2) is 70.6 Å². The Balaban J connectivity index is 1.73. The van der Waals surface area contributed by atoms with Crippen molar-refractivity contribution in [2.45, 2.75) is 49.6 Å². The summed E-state index contributed by atoms with van der Waals surface area (Å²) in [6.07, 6.45) is 9.61. The Kier molecular flexibility index (Phi) is 7.74. The van der Waals surface area contributed by atoms with E-state index in [0.717, 1.165) is 42.0 Å². The molecule has 2 N–H and O–H groups in total. The molecule has 0 amide bonds. The van der Waals surface area contributed by atoms with E-state index in [1.807, 2.05) is 19.1 Å². The van der Waals surface area contributed by atoms with Gasteiger partial charge < -0.3 is 15.4 Å². The molecule has 1 fully saturated rings. The lowest BCUT2D eigenvalue weighted by atomic mass is 9.93. The van der Waals surface area contributed by atoms with Crippen LogP contribution in [0.3, 0.4) is 0 Å². The number of rotatable bonds is 0. The van der Waals surface area contributed by atoms with Gasteiger partial charge in [0.15, 0.2) is 5.83 Å². The molecular formula is C22H28FN3OS. The van der Waals surface area contributed by atoms with E-state index in [0.29, 0.717) is 12.4 Å². The van der Waals surface area contributed by atoms with E-state index < -0.39 is 5.83 Å². The van der Waals surface area contributed by atoms with E-state index in [1.165, 1.54) is 6.20 Å². The number of benzene rings is 1. The summed E-state index contributed by atoms with van der Waals surface area (Å²) in [7, 11) is 0. The Labute approximate surface area is 171 Å². The minimum Gasteiger partial charge on any atom is -0.380 e. The van der Waals surface area contributed by atoms with Gasteiger partial charge >= 0.3 is 0 Å². The van der Waals surface area contributed by atoms with E-state index in [1.54, 1.807) is 11.8 Å². The van der Waals surface area contributed by atoms with Gasteiger partial charge in [-0.15, -0.1) is 11.8 Å². The quantitative estimate of drug-likeness (QED) is 0.570. The number of nitrogens with one attached hydrogen (secondary N) is 2. The Morgan fingerprint density at radius 3 is 2.86 bits per heavy atom. The smallest absolute Gasteiger partial charge is 0.163 e. The van der Waals surface area contributed by atoms with Crippen molar-refractivity contribution in [2.24, 2.45) is 4.99 Å². The van der Waals surface area contributed by atoms with Crippen molar-refractivity contribution in [1.82, 2.24) is 5.32 Å². The number of thioether (sulfide) groups is 1. The van der Waals surface area contributed by atoms with Gasteiger partial charge in [0.25, 0.3) is 0 Å². The SMILES string of the molecule is C=C1NC2CCC(CC2)OC/C=C\CSc2cccc(c2)NC(C)=NC=C1F. The normalized spacial score (nSPS) is 25.7.